The lowest BCUT2D eigenvalue weighted by Crippen LogP contribution is -2.31. The van der Waals surface area contributed by atoms with Gasteiger partial charge < -0.3 is 10.1 Å². The van der Waals surface area contributed by atoms with Crippen molar-refractivity contribution >= 4 is 29.0 Å². The Morgan fingerprint density at radius 1 is 1.12 bits per heavy atom. The molecule has 0 saturated carbocycles. The van der Waals surface area contributed by atoms with Crippen LogP contribution >= 0.6 is 11.3 Å². The van der Waals surface area contributed by atoms with Crippen LogP contribution in [0.2, 0.25) is 0 Å². The molecule has 0 bridgehead atoms. The Labute approximate surface area is 158 Å². The normalized spacial score (nSPS) is 12.5. The number of thiophene rings is 1. The highest BCUT2D eigenvalue weighted by molar-refractivity contribution is 7.10. The standard InChI is InChI=1S/C20H26N2O3S/c1-13(2)17(16-10-7-11-26-16)22-18(23)14-8-6-9-15(12-14)21-19(24)25-20(3,4)5/h6-13,17H,1-5H3,(H,21,24)(H,22,23)/t17-/m1/s1. The predicted molar refractivity (Wildman–Crippen MR) is 106 cm³/mol. The van der Waals surface area contributed by atoms with Crippen LogP contribution in [0, 0.1) is 5.92 Å². The number of benzene rings is 1. The minimum atomic E-state index is -0.579. The van der Waals surface area contributed by atoms with Gasteiger partial charge in [0.05, 0.1) is 6.04 Å². The van der Waals surface area contributed by atoms with Gasteiger partial charge in [0.15, 0.2) is 0 Å². The summed E-state index contributed by atoms with van der Waals surface area (Å²) in [5, 5.41) is 7.74. The second-order valence-corrected chi connectivity index (χ2v) is 8.40. The van der Waals surface area contributed by atoms with Crippen molar-refractivity contribution < 1.29 is 14.3 Å². The van der Waals surface area contributed by atoms with Gasteiger partial charge in [-0.25, -0.2) is 4.79 Å². The first kappa shape index (κ1) is 20.0. The number of rotatable bonds is 5. The lowest BCUT2D eigenvalue weighted by molar-refractivity contribution is 0.0635. The lowest BCUT2D eigenvalue weighted by Gasteiger charge is -2.22. The molecule has 0 fully saturated rings. The first-order chi connectivity index (χ1) is 12.2. The van der Waals surface area contributed by atoms with Crippen molar-refractivity contribution in [2.75, 3.05) is 5.32 Å². The van der Waals surface area contributed by atoms with Gasteiger partial charge in [0.25, 0.3) is 5.91 Å². The molecule has 5 nitrogen and oxygen atoms in total. The van der Waals surface area contributed by atoms with E-state index in [1.807, 2.05) is 17.5 Å². The third-order valence-corrected chi connectivity index (χ3v) is 4.53. The minimum Gasteiger partial charge on any atom is -0.444 e. The number of nitrogens with one attached hydrogen (secondary N) is 2. The molecule has 0 radical (unpaired) electrons. The van der Waals surface area contributed by atoms with Crippen LogP contribution < -0.4 is 10.6 Å². The van der Waals surface area contributed by atoms with Gasteiger partial charge in [0.1, 0.15) is 5.60 Å². The van der Waals surface area contributed by atoms with E-state index in [-0.39, 0.29) is 17.9 Å². The number of hydrogen-bond donors (Lipinski definition) is 2. The van der Waals surface area contributed by atoms with Crippen molar-refractivity contribution in [2.45, 2.75) is 46.3 Å². The molecule has 0 aliphatic rings. The van der Waals surface area contributed by atoms with Crippen LogP contribution in [0.5, 0.6) is 0 Å². The largest absolute Gasteiger partial charge is 0.444 e. The second-order valence-electron chi connectivity index (χ2n) is 7.42. The summed E-state index contributed by atoms with van der Waals surface area (Å²) in [7, 11) is 0. The average molecular weight is 375 g/mol. The van der Waals surface area contributed by atoms with Crippen LogP contribution in [-0.2, 0) is 4.74 Å². The summed E-state index contributed by atoms with van der Waals surface area (Å²) in [5.74, 6) is 0.0885. The van der Waals surface area contributed by atoms with E-state index in [4.69, 9.17) is 4.74 Å². The van der Waals surface area contributed by atoms with Crippen LogP contribution in [0.1, 0.15) is 55.9 Å². The van der Waals surface area contributed by atoms with E-state index in [0.717, 1.165) is 4.88 Å². The quantitative estimate of drug-likeness (QED) is 0.754. The zero-order valence-corrected chi connectivity index (χ0v) is 16.6. The molecule has 0 saturated heterocycles. The fourth-order valence-corrected chi connectivity index (χ4v) is 3.37. The van der Waals surface area contributed by atoms with Crippen LogP contribution in [0.4, 0.5) is 10.5 Å². The van der Waals surface area contributed by atoms with Gasteiger partial charge in [0.2, 0.25) is 0 Å². The Morgan fingerprint density at radius 2 is 1.85 bits per heavy atom. The number of carbonyl (C=O) groups is 2. The van der Waals surface area contributed by atoms with E-state index in [9.17, 15) is 9.59 Å². The molecule has 140 valence electrons. The van der Waals surface area contributed by atoms with Crippen molar-refractivity contribution in [1.29, 1.82) is 0 Å². The summed E-state index contributed by atoms with van der Waals surface area (Å²) < 4.78 is 5.24. The van der Waals surface area contributed by atoms with Crippen LogP contribution in [0.15, 0.2) is 41.8 Å². The highest BCUT2D eigenvalue weighted by Gasteiger charge is 2.21. The Balaban J connectivity index is 2.08. The molecule has 6 heteroatoms. The van der Waals surface area contributed by atoms with E-state index in [2.05, 4.69) is 24.5 Å². The second kappa shape index (κ2) is 8.36. The highest BCUT2D eigenvalue weighted by Crippen LogP contribution is 2.26. The maximum atomic E-state index is 12.7. The number of carbonyl (C=O) groups excluding carboxylic acids is 2. The van der Waals surface area contributed by atoms with Crippen LogP contribution in [0.25, 0.3) is 0 Å². The molecule has 1 atom stereocenters. The number of ether oxygens (including phenoxy) is 1. The van der Waals surface area contributed by atoms with Gasteiger partial charge in [-0.3, -0.25) is 10.1 Å². The zero-order valence-electron chi connectivity index (χ0n) is 15.8. The first-order valence-corrected chi connectivity index (χ1v) is 9.48. The van der Waals surface area contributed by atoms with Crippen molar-refractivity contribution in [3.8, 4) is 0 Å². The van der Waals surface area contributed by atoms with Crippen LogP contribution in [0.3, 0.4) is 0 Å². The van der Waals surface area contributed by atoms with E-state index >= 15 is 0 Å². The monoisotopic (exact) mass is 374 g/mol. The number of anilines is 1. The molecular formula is C20H26N2O3S. The molecular weight excluding hydrogens is 348 g/mol. The Morgan fingerprint density at radius 3 is 2.42 bits per heavy atom. The first-order valence-electron chi connectivity index (χ1n) is 8.60. The molecule has 26 heavy (non-hydrogen) atoms. The summed E-state index contributed by atoms with van der Waals surface area (Å²) in [6.07, 6.45) is -0.547. The van der Waals surface area contributed by atoms with Gasteiger partial charge in [-0.1, -0.05) is 26.0 Å². The van der Waals surface area contributed by atoms with Gasteiger partial charge >= 0.3 is 6.09 Å². The fraction of sp³-hybridized carbons (Fsp3) is 0.400. The zero-order chi connectivity index (χ0) is 19.3. The highest BCUT2D eigenvalue weighted by atomic mass is 32.1. The molecule has 0 aliphatic heterocycles. The number of amides is 2. The topological polar surface area (TPSA) is 67.4 Å². The molecule has 2 amide bonds. The Bertz CT molecular complexity index is 749. The van der Waals surface area contributed by atoms with Gasteiger partial charge in [-0.05, 0) is 56.3 Å². The fourth-order valence-electron chi connectivity index (χ4n) is 2.42. The summed E-state index contributed by atoms with van der Waals surface area (Å²) in [5.41, 5.74) is 0.425. The van der Waals surface area contributed by atoms with E-state index in [1.165, 1.54) is 0 Å². The maximum absolute atomic E-state index is 12.7. The molecule has 2 N–H and O–H groups in total. The van der Waals surface area contributed by atoms with Crippen molar-refractivity contribution in [1.82, 2.24) is 5.32 Å². The molecule has 1 aromatic heterocycles. The average Bonchev–Trinajstić information content (AvgIpc) is 3.04. The molecule has 1 aromatic carbocycles. The SMILES string of the molecule is CC(C)[C@@H](NC(=O)c1cccc(NC(=O)OC(C)(C)C)c1)c1cccs1. The maximum Gasteiger partial charge on any atom is 0.412 e. The van der Waals surface area contributed by atoms with Crippen molar-refractivity contribution in [3.63, 3.8) is 0 Å². The molecule has 0 aliphatic carbocycles. The van der Waals surface area contributed by atoms with Crippen molar-refractivity contribution in [3.05, 3.63) is 52.2 Å². The molecule has 1 heterocycles. The summed E-state index contributed by atoms with van der Waals surface area (Å²) >= 11 is 1.63. The molecule has 2 aromatic rings. The summed E-state index contributed by atoms with van der Waals surface area (Å²) in [6, 6.07) is 10.8. The smallest absolute Gasteiger partial charge is 0.412 e. The summed E-state index contributed by atoms with van der Waals surface area (Å²) in [6.45, 7) is 9.55. The predicted octanol–water partition coefficient (Wildman–Crippen LogP) is 5.22. The third kappa shape index (κ3) is 5.88. The Hall–Kier alpha value is -2.34. The third-order valence-electron chi connectivity index (χ3n) is 3.57. The van der Waals surface area contributed by atoms with Gasteiger partial charge in [-0.15, -0.1) is 11.3 Å². The number of hydrogen-bond acceptors (Lipinski definition) is 4. The Kier molecular flexibility index (Phi) is 6.42. The van der Waals surface area contributed by atoms with Crippen molar-refractivity contribution in [2.24, 2.45) is 5.92 Å². The van der Waals surface area contributed by atoms with Crippen LogP contribution in [-0.4, -0.2) is 17.6 Å². The molecule has 0 spiro atoms. The minimum absolute atomic E-state index is 0.0510. The molecule has 0 unspecified atom stereocenters. The lowest BCUT2D eigenvalue weighted by atomic mass is 10.0. The van der Waals surface area contributed by atoms with Gasteiger partial charge in [-0.2, -0.15) is 0 Å². The van der Waals surface area contributed by atoms with Gasteiger partial charge in [0, 0.05) is 16.1 Å². The summed E-state index contributed by atoms with van der Waals surface area (Å²) in [4.78, 5) is 25.7. The van der Waals surface area contributed by atoms with E-state index < -0.39 is 11.7 Å². The van der Waals surface area contributed by atoms with E-state index in [0.29, 0.717) is 11.3 Å². The molecule has 2 rings (SSSR count). The van der Waals surface area contributed by atoms with E-state index in [1.54, 1.807) is 56.4 Å².